The van der Waals surface area contributed by atoms with Crippen molar-refractivity contribution in [2.24, 2.45) is 0 Å². The topological polar surface area (TPSA) is 36.1 Å². The van der Waals surface area contributed by atoms with Crippen LogP contribution in [0.5, 0.6) is 0 Å². The van der Waals surface area contributed by atoms with Crippen LogP contribution in [0.1, 0.15) is 48.9 Å². The van der Waals surface area contributed by atoms with Gasteiger partial charge in [-0.1, -0.05) is 31.7 Å². The van der Waals surface area contributed by atoms with Crippen LogP contribution in [0.2, 0.25) is 0 Å². The monoisotopic (exact) mass is 270 g/mol. The van der Waals surface area contributed by atoms with Crippen molar-refractivity contribution < 1.29 is 4.79 Å². The Morgan fingerprint density at radius 1 is 1.15 bits per heavy atom. The number of aromatic nitrogens is 1. The average Bonchev–Trinajstić information content (AvgIpc) is 2.77. The summed E-state index contributed by atoms with van der Waals surface area (Å²) in [5.41, 5.74) is 1.82. The van der Waals surface area contributed by atoms with E-state index in [1.165, 1.54) is 25.7 Å². The Morgan fingerprint density at radius 3 is 2.65 bits per heavy atom. The summed E-state index contributed by atoms with van der Waals surface area (Å²) in [5.74, 6) is 0.147. The van der Waals surface area contributed by atoms with Gasteiger partial charge in [-0.25, -0.2) is 0 Å². The van der Waals surface area contributed by atoms with E-state index in [4.69, 9.17) is 0 Å². The van der Waals surface area contributed by atoms with E-state index < -0.39 is 0 Å². The molecule has 1 aliphatic rings. The van der Waals surface area contributed by atoms with Crippen LogP contribution in [0, 0.1) is 0 Å². The van der Waals surface area contributed by atoms with Crippen LogP contribution in [0.25, 0.3) is 10.9 Å². The molecule has 1 heterocycles. The summed E-state index contributed by atoms with van der Waals surface area (Å²) in [6.07, 6.45) is 9.32. The number of amides is 1. The molecule has 1 aliphatic carbocycles. The zero-order valence-corrected chi connectivity index (χ0v) is 12.1. The van der Waals surface area contributed by atoms with E-state index in [1.54, 1.807) is 0 Å². The molecule has 1 aromatic carbocycles. The summed E-state index contributed by atoms with van der Waals surface area (Å²) in [7, 11) is 1.96. The van der Waals surface area contributed by atoms with Gasteiger partial charge in [0.25, 0.3) is 5.91 Å². The van der Waals surface area contributed by atoms with Crippen molar-refractivity contribution in [2.75, 3.05) is 7.05 Å². The van der Waals surface area contributed by atoms with Gasteiger partial charge in [0.1, 0.15) is 0 Å². The normalized spacial score (nSPS) is 17.1. The Bertz CT molecular complexity index is 594. The standard InChI is InChI=1S/C17H22N2O/c1-19(15-6-4-2-3-5-7-15)17(20)14-9-8-13-10-11-18-16(13)12-14/h8-12,15,18H,2-7H2,1H3. The largest absolute Gasteiger partial charge is 0.361 e. The van der Waals surface area contributed by atoms with Gasteiger partial charge in [0.15, 0.2) is 0 Å². The Morgan fingerprint density at radius 2 is 1.90 bits per heavy atom. The predicted octanol–water partition coefficient (Wildman–Crippen LogP) is 3.96. The third-order valence-electron chi connectivity index (χ3n) is 4.49. The number of nitrogens with one attached hydrogen (secondary N) is 1. The van der Waals surface area contributed by atoms with Gasteiger partial charge < -0.3 is 9.88 Å². The lowest BCUT2D eigenvalue weighted by Crippen LogP contribution is -2.36. The fraction of sp³-hybridized carbons (Fsp3) is 0.471. The highest BCUT2D eigenvalue weighted by Crippen LogP contribution is 2.23. The smallest absolute Gasteiger partial charge is 0.253 e. The Kier molecular flexibility index (Phi) is 3.77. The highest BCUT2D eigenvalue weighted by atomic mass is 16.2. The van der Waals surface area contributed by atoms with Crippen LogP contribution >= 0.6 is 0 Å². The van der Waals surface area contributed by atoms with Crippen molar-refractivity contribution in [1.82, 2.24) is 9.88 Å². The Hall–Kier alpha value is -1.77. The van der Waals surface area contributed by atoms with Gasteiger partial charge >= 0.3 is 0 Å². The third kappa shape index (κ3) is 2.58. The molecule has 1 amide bonds. The molecular formula is C17H22N2O. The second-order valence-electron chi connectivity index (χ2n) is 5.84. The molecule has 1 aromatic heterocycles. The second-order valence-corrected chi connectivity index (χ2v) is 5.84. The predicted molar refractivity (Wildman–Crippen MR) is 81.9 cm³/mol. The van der Waals surface area contributed by atoms with E-state index >= 15 is 0 Å². The highest BCUT2D eigenvalue weighted by molar-refractivity contribution is 5.97. The van der Waals surface area contributed by atoms with Gasteiger partial charge in [-0.2, -0.15) is 0 Å². The Labute approximate surface area is 120 Å². The molecule has 106 valence electrons. The van der Waals surface area contributed by atoms with Crippen molar-refractivity contribution in [2.45, 2.75) is 44.6 Å². The molecule has 3 heteroatoms. The van der Waals surface area contributed by atoms with Crippen LogP contribution in [0.15, 0.2) is 30.5 Å². The number of H-pyrrole nitrogens is 1. The number of hydrogen-bond donors (Lipinski definition) is 1. The second kappa shape index (κ2) is 5.70. The minimum absolute atomic E-state index is 0.147. The number of carbonyl (C=O) groups excluding carboxylic acids is 1. The average molecular weight is 270 g/mol. The summed E-state index contributed by atoms with van der Waals surface area (Å²) in [5, 5.41) is 1.15. The van der Waals surface area contributed by atoms with Crippen LogP contribution in [0.4, 0.5) is 0 Å². The molecular weight excluding hydrogens is 248 g/mol. The maximum absolute atomic E-state index is 12.6. The molecule has 0 unspecified atom stereocenters. The molecule has 1 saturated carbocycles. The summed E-state index contributed by atoms with van der Waals surface area (Å²) in [4.78, 5) is 17.8. The molecule has 0 radical (unpaired) electrons. The first kappa shape index (κ1) is 13.2. The summed E-state index contributed by atoms with van der Waals surface area (Å²) >= 11 is 0. The molecule has 20 heavy (non-hydrogen) atoms. The van der Waals surface area contributed by atoms with Crippen molar-refractivity contribution >= 4 is 16.8 Å². The fourth-order valence-corrected chi connectivity index (χ4v) is 3.20. The first-order valence-electron chi connectivity index (χ1n) is 7.60. The van der Waals surface area contributed by atoms with Crippen molar-refractivity contribution in [3.63, 3.8) is 0 Å². The van der Waals surface area contributed by atoms with E-state index in [0.29, 0.717) is 6.04 Å². The fourth-order valence-electron chi connectivity index (χ4n) is 3.20. The van der Waals surface area contributed by atoms with Gasteiger partial charge in [-0.3, -0.25) is 4.79 Å². The van der Waals surface area contributed by atoms with Crippen molar-refractivity contribution in [3.8, 4) is 0 Å². The maximum atomic E-state index is 12.6. The molecule has 3 nitrogen and oxygen atoms in total. The summed E-state index contributed by atoms with van der Waals surface area (Å²) < 4.78 is 0. The van der Waals surface area contributed by atoms with Crippen LogP contribution < -0.4 is 0 Å². The number of hydrogen-bond acceptors (Lipinski definition) is 1. The van der Waals surface area contributed by atoms with E-state index in [0.717, 1.165) is 29.3 Å². The van der Waals surface area contributed by atoms with Gasteiger partial charge in [0, 0.05) is 30.4 Å². The van der Waals surface area contributed by atoms with Crippen LogP contribution in [-0.4, -0.2) is 28.9 Å². The van der Waals surface area contributed by atoms with Gasteiger partial charge in [0.05, 0.1) is 0 Å². The molecule has 0 bridgehead atoms. The third-order valence-corrected chi connectivity index (χ3v) is 4.49. The number of fused-ring (bicyclic) bond motifs is 1. The van der Waals surface area contributed by atoms with Gasteiger partial charge in [-0.05, 0) is 36.4 Å². The number of carbonyl (C=O) groups is 1. The van der Waals surface area contributed by atoms with Crippen LogP contribution in [-0.2, 0) is 0 Å². The first-order chi connectivity index (χ1) is 9.75. The molecule has 0 atom stereocenters. The van der Waals surface area contributed by atoms with E-state index in [9.17, 15) is 4.79 Å². The number of rotatable bonds is 2. The molecule has 3 rings (SSSR count). The first-order valence-corrected chi connectivity index (χ1v) is 7.60. The number of aromatic amines is 1. The molecule has 0 saturated heterocycles. The van der Waals surface area contributed by atoms with E-state index in [-0.39, 0.29) is 5.91 Å². The maximum Gasteiger partial charge on any atom is 0.253 e. The summed E-state index contributed by atoms with van der Waals surface area (Å²) in [6.45, 7) is 0. The lowest BCUT2D eigenvalue weighted by Gasteiger charge is -2.27. The summed E-state index contributed by atoms with van der Waals surface area (Å²) in [6, 6.07) is 8.35. The molecule has 1 N–H and O–H groups in total. The van der Waals surface area contributed by atoms with Crippen LogP contribution in [0.3, 0.4) is 0 Å². The lowest BCUT2D eigenvalue weighted by molar-refractivity contribution is 0.0718. The highest BCUT2D eigenvalue weighted by Gasteiger charge is 2.22. The van der Waals surface area contributed by atoms with Gasteiger partial charge in [-0.15, -0.1) is 0 Å². The zero-order chi connectivity index (χ0) is 13.9. The lowest BCUT2D eigenvalue weighted by atomic mass is 10.1. The minimum Gasteiger partial charge on any atom is -0.361 e. The quantitative estimate of drug-likeness (QED) is 0.824. The molecule has 2 aromatic rings. The van der Waals surface area contributed by atoms with Gasteiger partial charge in [0.2, 0.25) is 0 Å². The van der Waals surface area contributed by atoms with Crippen molar-refractivity contribution in [3.05, 3.63) is 36.0 Å². The number of benzene rings is 1. The molecule has 0 spiro atoms. The SMILES string of the molecule is CN(C(=O)c1ccc2cc[nH]c2c1)C1CCCCCC1. The Balaban J connectivity index is 1.79. The molecule has 1 fully saturated rings. The zero-order valence-electron chi connectivity index (χ0n) is 12.1. The molecule has 0 aliphatic heterocycles. The van der Waals surface area contributed by atoms with E-state index in [2.05, 4.69) is 4.98 Å². The van der Waals surface area contributed by atoms with E-state index in [1.807, 2.05) is 42.4 Å². The van der Waals surface area contributed by atoms with Crippen molar-refractivity contribution in [1.29, 1.82) is 0 Å². The number of nitrogens with zero attached hydrogens (tertiary/aromatic N) is 1. The minimum atomic E-state index is 0.147.